The van der Waals surface area contributed by atoms with Gasteiger partial charge in [0.25, 0.3) is 0 Å². The zero-order valence-corrected chi connectivity index (χ0v) is 11.0. The number of nitrogens with one attached hydrogen (secondary N) is 1. The third-order valence-corrected chi connectivity index (χ3v) is 3.18. The van der Waals surface area contributed by atoms with Crippen molar-refractivity contribution in [3.63, 3.8) is 0 Å². The van der Waals surface area contributed by atoms with Gasteiger partial charge in [-0.15, -0.1) is 0 Å². The number of benzene rings is 1. The highest BCUT2D eigenvalue weighted by Gasteiger charge is 2.13. The molecule has 0 spiro atoms. The molecule has 0 unspecified atom stereocenters. The molecule has 0 radical (unpaired) electrons. The van der Waals surface area contributed by atoms with E-state index in [2.05, 4.69) is 29.4 Å². The molecule has 1 heterocycles. The lowest BCUT2D eigenvalue weighted by Gasteiger charge is -2.00. The van der Waals surface area contributed by atoms with Gasteiger partial charge >= 0.3 is 0 Å². The summed E-state index contributed by atoms with van der Waals surface area (Å²) < 4.78 is 1.91. The molecule has 0 saturated heterocycles. The molecule has 2 rings (SSSR count). The van der Waals surface area contributed by atoms with Crippen molar-refractivity contribution in [3.05, 3.63) is 40.8 Å². The van der Waals surface area contributed by atoms with Gasteiger partial charge in [0.1, 0.15) is 16.7 Å². The minimum Gasteiger partial charge on any atom is -0.321 e. The molecule has 0 amide bonds. The molecule has 1 N–H and O–H groups in total. The maximum atomic E-state index is 6.31. The van der Waals surface area contributed by atoms with Crippen molar-refractivity contribution in [1.82, 2.24) is 14.9 Å². The van der Waals surface area contributed by atoms with Gasteiger partial charge in [-0.25, -0.2) is 4.98 Å². The molecule has 0 saturated carbocycles. The van der Waals surface area contributed by atoms with Crippen LogP contribution in [0, 0.1) is 6.92 Å². The van der Waals surface area contributed by atoms with E-state index in [0.29, 0.717) is 11.7 Å². The van der Waals surface area contributed by atoms with Crippen LogP contribution in [0.3, 0.4) is 0 Å². The summed E-state index contributed by atoms with van der Waals surface area (Å²) in [4.78, 5) is 4.58. The van der Waals surface area contributed by atoms with Crippen LogP contribution in [0.15, 0.2) is 24.3 Å². The molecule has 0 aliphatic carbocycles. The van der Waals surface area contributed by atoms with Crippen molar-refractivity contribution < 1.29 is 0 Å². The lowest BCUT2D eigenvalue weighted by atomic mass is 10.1. The van der Waals surface area contributed by atoms with Gasteiger partial charge < -0.3 is 9.88 Å². The molecular weight excluding hydrogens is 234 g/mol. The van der Waals surface area contributed by atoms with E-state index in [1.165, 1.54) is 5.56 Å². The number of hydrogen-bond acceptors (Lipinski definition) is 2. The minimum absolute atomic E-state index is 0.681. The van der Waals surface area contributed by atoms with E-state index >= 15 is 0 Å². The van der Waals surface area contributed by atoms with Crippen molar-refractivity contribution in [2.24, 2.45) is 7.05 Å². The maximum absolute atomic E-state index is 6.31. The van der Waals surface area contributed by atoms with E-state index in [1.807, 2.05) is 30.8 Å². The first kappa shape index (κ1) is 12.1. The lowest BCUT2D eigenvalue weighted by molar-refractivity contribution is 0.710. The maximum Gasteiger partial charge on any atom is 0.136 e. The summed E-state index contributed by atoms with van der Waals surface area (Å²) >= 11 is 6.31. The smallest absolute Gasteiger partial charge is 0.136 e. The zero-order chi connectivity index (χ0) is 12.4. The van der Waals surface area contributed by atoms with Crippen molar-refractivity contribution in [3.8, 4) is 11.3 Å². The van der Waals surface area contributed by atoms with Crippen molar-refractivity contribution in [2.45, 2.75) is 13.5 Å². The molecular formula is C13H16ClN3. The van der Waals surface area contributed by atoms with Crippen LogP contribution in [0.1, 0.15) is 11.4 Å². The second-order valence-corrected chi connectivity index (χ2v) is 4.48. The molecule has 2 aromatic rings. The van der Waals surface area contributed by atoms with Crippen LogP contribution < -0.4 is 5.32 Å². The summed E-state index contributed by atoms with van der Waals surface area (Å²) in [5.41, 5.74) is 3.12. The fourth-order valence-corrected chi connectivity index (χ4v) is 2.06. The number of imidazole rings is 1. The average molecular weight is 250 g/mol. The highest BCUT2D eigenvalue weighted by molar-refractivity contribution is 6.32. The normalized spacial score (nSPS) is 10.8. The summed E-state index contributed by atoms with van der Waals surface area (Å²) in [5, 5.41) is 3.77. The van der Waals surface area contributed by atoms with Gasteiger partial charge in [-0.2, -0.15) is 0 Å². The number of halogens is 1. The second kappa shape index (κ2) is 4.90. The Labute approximate surface area is 106 Å². The summed E-state index contributed by atoms with van der Waals surface area (Å²) in [6, 6.07) is 8.21. The Bertz CT molecular complexity index is 531. The average Bonchev–Trinajstić information content (AvgIpc) is 2.58. The van der Waals surface area contributed by atoms with Gasteiger partial charge in [0.05, 0.1) is 6.54 Å². The molecule has 3 nitrogen and oxygen atoms in total. The summed E-state index contributed by atoms with van der Waals surface area (Å²) in [6.07, 6.45) is 0. The molecule has 90 valence electrons. The van der Waals surface area contributed by atoms with Crippen LogP contribution in [0.25, 0.3) is 11.3 Å². The quantitative estimate of drug-likeness (QED) is 0.907. The van der Waals surface area contributed by atoms with E-state index in [4.69, 9.17) is 11.6 Å². The Hall–Kier alpha value is -1.32. The molecule has 0 atom stereocenters. The van der Waals surface area contributed by atoms with E-state index in [-0.39, 0.29) is 0 Å². The summed E-state index contributed by atoms with van der Waals surface area (Å²) in [5.74, 6) is 0.939. The molecule has 0 aliphatic heterocycles. The van der Waals surface area contributed by atoms with Crippen LogP contribution in [-0.4, -0.2) is 16.6 Å². The third kappa shape index (κ3) is 2.35. The van der Waals surface area contributed by atoms with Crippen LogP contribution in [0.5, 0.6) is 0 Å². The van der Waals surface area contributed by atoms with Crippen molar-refractivity contribution in [2.75, 3.05) is 7.05 Å². The number of aryl methyl sites for hydroxylation is 1. The fourth-order valence-electron chi connectivity index (χ4n) is 1.81. The van der Waals surface area contributed by atoms with Gasteiger partial charge in [0, 0.05) is 12.6 Å². The second-order valence-electron chi connectivity index (χ2n) is 4.13. The first-order chi connectivity index (χ1) is 8.13. The summed E-state index contributed by atoms with van der Waals surface area (Å²) in [6.45, 7) is 2.77. The molecule has 1 aromatic carbocycles. The van der Waals surface area contributed by atoms with Crippen LogP contribution in [-0.2, 0) is 13.6 Å². The Morgan fingerprint density at radius 2 is 2.18 bits per heavy atom. The van der Waals surface area contributed by atoms with Gasteiger partial charge in [-0.3, -0.25) is 0 Å². The largest absolute Gasteiger partial charge is 0.321 e. The Balaban J connectivity index is 2.49. The number of nitrogens with zero attached hydrogens (tertiary/aromatic N) is 2. The molecule has 17 heavy (non-hydrogen) atoms. The Kier molecular flexibility index (Phi) is 3.50. The molecule has 4 heteroatoms. The van der Waals surface area contributed by atoms with Crippen LogP contribution in [0.4, 0.5) is 0 Å². The van der Waals surface area contributed by atoms with Gasteiger partial charge in [0.2, 0.25) is 0 Å². The molecule has 0 bridgehead atoms. The molecule has 0 aliphatic rings. The number of aromatic nitrogens is 2. The van der Waals surface area contributed by atoms with Crippen molar-refractivity contribution in [1.29, 1.82) is 0 Å². The van der Waals surface area contributed by atoms with E-state index < -0.39 is 0 Å². The van der Waals surface area contributed by atoms with E-state index in [9.17, 15) is 0 Å². The van der Waals surface area contributed by atoms with Gasteiger partial charge in [-0.1, -0.05) is 35.4 Å². The van der Waals surface area contributed by atoms with Gasteiger partial charge in [-0.05, 0) is 20.0 Å². The van der Waals surface area contributed by atoms with Crippen LogP contribution >= 0.6 is 11.6 Å². The highest BCUT2D eigenvalue weighted by Crippen LogP contribution is 2.28. The number of rotatable bonds is 3. The Morgan fingerprint density at radius 1 is 1.41 bits per heavy atom. The first-order valence-corrected chi connectivity index (χ1v) is 5.94. The topological polar surface area (TPSA) is 29.9 Å². The monoisotopic (exact) mass is 249 g/mol. The predicted octanol–water partition coefficient (Wildman–Crippen LogP) is 2.77. The highest BCUT2D eigenvalue weighted by atomic mass is 35.5. The standard InChI is InChI=1S/C13H16ClN3/c1-9-5-4-6-10(7-9)12-13(14)17(3)11(16-12)8-15-2/h4-7,15H,8H2,1-3H3. The predicted molar refractivity (Wildman–Crippen MR) is 71.2 cm³/mol. The molecule has 1 aromatic heterocycles. The van der Waals surface area contributed by atoms with Crippen LogP contribution in [0.2, 0.25) is 5.15 Å². The Morgan fingerprint density at radius 3 is 2.82 bits per heavy atom. The van der Waals surface area contributed by atoms with E-state index in [0.717, 1.165) is 17.1 Å². The zero-order valence-electron chi connectivity index (χ0n) is 10.3. The van der Waals surface area contributed by atoms with Gasteiger partial charge in [0.15, 0.2) is 0 Å². The van der Waals surface area contributed by atoms with E-state index in [1.54, 1.807) is 0 Å². The SMILES string of the molecule is CNCc1nc(-c2cccc(C)c2)c(Cl)n1C. The number of hydrogen-bond donors (Lipinski definition) is 1. The van der Waals surface area contributed by atoms with Crippen molar-refractivity contribution >= 4 is 11.6 Å². The third-order valence-electron chi connectivity index (χ3n) is 2.74. The molecule has 0 fully saturated rings. The lowest BCUT2D eigenvalue weighted by Crippen LogP contribution is -2.10. The summed E-state index contributed by atoms with van der Waals surface area (Å²) in [7, 11) is 3.83. The first-order valence-electron chi connectivity index (χ1n) is 5.56. The minimum atomic E-state index is 0.681. The fraction of sp³-hybridized carbons (Fsp3) is 0.308.